The Labute approximate surface area is 161 Å². The molecule has 3 rings (SSSR count). The molecule has 0 bridgehead atoms. The van der Waals surface area contributed by atoms with Crippen LogP contribution in [0, 0.1) is 23.3 Å². The number of hydrogen-bond acceptors (Lipinski definition) is 4. The SMILES string of the molecule is CN(Cc1ccc(F)c(F)c1)C(=O)c1nc(-c2c(F)cccc2F)[nH]c(=O)c1O. The highest BCUT2D eigenvalue weighted by Gasteiger charge is 2.24. The number of carbonyl (C=O) groups excluding carboxylic acids is 1. The van der Waals surface area contributed by atoms with Gasteiger partial charge in [0.25, 0.3) is 11.5 Å². The van der Waals surface area contributed by atoms with Crippen LogP contribution in [0.4, 0.5) is 17.6 Å². The van der Waals surface area contributed by atoms with Gasteiger partial charge in [0.15, 0.2) is 17.3 Å². The number of H-pyrrole nitrogens is 1. The average molecular weight is 407 g/mol. The molecule has 0 saturated carbocycles. The normalized spacial score (nSPS) is 10.8. The Bertz CT molecular complexity index is 1140. The molecule has 0 saturated heterocycles. The zero-order chi connectivity index (χ0) is 21.3. The van der Waals surface area contributed by atoms with E-state index in [4.69, 9.17) is 0 Å². The van der Waals surface area contributed by atoms with Crippen LogP contribution in [0.3, 0.4) is 0 Å². The number of halogens is 4. The molecular weight excluding hydrogens is 394 g/mol. The summed E-state index contributed by atoms with van der Waals surface area (Å²) in [6, 6.07) is 5.97. The predicted molar refractivity (Wildman–Crippen MR) is 94.0 cm³/mol. The van der Waals surface area contributed by atoms with Crippen LogP contribution >= 0.6 is 0 Å². The Hall–Kier alpha value is -3.69. The van der Waals surface area contributed by atoms with E-state index >= 15 is 0 Å². The molecule has 0 atom stereocenters. The molecule has 150 valence electrons. The second kappa shape index (κ2) is 7.74. The summed E-state index contributed by atoms with van der Waals surface area (Å²) in [5, 5.41) is 9.92. The molecule has 2 aromatic carbocycles. The van der Waals surface area contributed by atoms with Crippen molar-refractivity contribution in [3.8, 4) is 17.1 Å². The standard InChI is InChI=1S/C19H13F4N3O3/c1-26(8-9-5-6-10(20)13(23)7-9)19(29)15-16(27)18(28)25-17(24-15)14-11(21)3-2-4-12(14)22/h2-7,27H,8H2,1H3,(H,24,25,28). The molecule has 10 heteroatoms. The molecule has 3 aromatic rings. The molecule has 0 spiro atoms. The molecule has 29 heavy (non-hydrogen) atoms. The molecule has 0 aliphatic carbocycles. The average Bonchev–Trinajstić information content (AvgIpc) is 2.66. The quantitative estimate of drug-likeness (QED) is 0.651. The summed E-state index contributed by atoms with van der Waals surface area (Å²) in [6.07, 6.45) is 0. The van der Waals surface area contributed by atoms with Crippen molar-refractivity contribution in [1.82, 2.24) is 14.9 Å². The molecule has 0 unspecified atom stereocenters. The van der Waals surface area contributed by atoms with Gasteiger partial charge >= 0.3 is 0 Å². The molecule has 0 aliphatic heterocycles. The minimum absolute atomic E-state index is 0.215. The van der Waals surface area contributed by atoms with Gasteiger partial charge in [0.1, 0.15) is 17.5 Å². The summed E-state index contributed by atoms with van der Waals surface area (Å²) in [6.45, 7) is -0.215. The molecule has 1 heterocycles. The number of nitrogens with one attached hydrogen (secondary N) is 1. The Morgan fingerprint density at radius 1 is 1.07 bits per heavy atom. The van der Waals surface area contributed by atoms with Gasteiger partial charge in [-0.15, -0.1) is 0 Å². The van der Waals surface area contributed by atoms with E-state index in [1.54, 1.807) is 0 Å². The lowest BCUT2D eigenvalue weighted by atomic mass is 10.1. The number of hydrogen-bond donors (Lipinski definition) is 2. The second-order valence-corrected chi connectivity index (χ2v) is 6.12. The van der Waals surface area contributed by atoms with E-state index in [0.717, 1.165) is 35.2 Å². The Kier molecular flexibility index (Phi) is 5.35. The topological polar surface area (TPSA) is 86.3 Å². The molecule has 1 aromatic heterocycles. The lowest BCUT2D eigenvalue weighted by Gasteiger charge is -2.18. The zero-order valence-electron chi connectivity index (χ0n) is 14.8. The van der Waals surface area contributed by atoms with Gasteiger partial charge in [-0.25, -0.2) is 22.5 Å². The zero-order valence-corrected chi connectivity index (χ0v) is 14.8. The number of aromatic hydroxyl groups is 1. The van der Waals surface area contributed by atoms with Gasteiger partial charge in [0.05, 0.1) is 5.56 Å². The number of aromatic nitrogens is 2. The molecule has 0 aliphatic rings. The van der Waals surface area contributed by atoms with Crippen molar-refractivity contribution in [3.63, 3.8) is 0 Å². The second-order valence-electron chi connectivity index (χ2n) is 6.12. The van der Waals surface area contributed by atoms with Crippen LogP contribution in [0.5, 0.6) is 5.75 Å². The van der Waals surface area contributed by atoms with Crippen molar-refractivity contribution < 1.29 is 27.5 Å². The van der Waals surface area contributed by atoms with Gasteiger partial charge in [0, 0.05) is 13.6 Å². The highest BCUT2D eigenvalue weighted by atomic mass is 19.2. The molecule has 2 N–H and O–H groups in total. The lowest BCUT2D eigenvalue weighted by molar-refractivity contribution is 0.0775. The number of aromatic amines is 1. The third-order valence-corrected chi connectivity index (χ3v) is 4.05. The number of carbonyl (C=O) groups is 1. The van der Waals surface area contributed by atoms with Crippen molar-refractivity contribution >= 4 is 5.91 Å². The molecule has 0 radical (unpaired) electrons. The van der Waals surface area contributed by atoms with Gasteiger partial charge in [-0.3, -0.25) is 9.59 Å². The summed E-state index contributed by atoms with van der Waals surface area (Å²) in [7, 11) is 1.26. The van der Waals surface area contributed by atoms with E-state index in [2.05, 4.69) is 4.98 Å². The van der Waals surface area contributed by atoms with Gasteiger partial charge in [-0.2, -0.15) is 0 Å². The Morgan fingerprint density at radius 3 is 2.34 bits per heavy atom. The molecular formula is C19H13F4N3O3. The third-order valence-electron chi connectivity index (χ3n) is 4.05. The summed E-state index contributed by atoms with van der Waals surface area (Å²) in [5.74, 6) is -6.86. The van der Waals surface area contributed by atoms with E-state index in [9.17, 15) is 32.3 Å². The van der Waals surface area contributed by atoms with Crippen molar-refractivity contribution in [2.45, 2.75) is 6.54 Å². The maximum Gasteiger partial charge on any atom is 0.294 e. The number of amides is 1. The molecule has 6 nitrogen and oxygen atoms in total. The monoisotopic (exact) mass is 407 g/mol. The van der Waals surface area contributed by atoms with Crippen LogP contribution in [0.1, 0.15) is 16.1 Å². The highest BCUT2D eigenvalue weighted by molar-refractivity contribution is 5.95. The first-order valence-corrected chi connectivity index (χ1v) is 8.16. The maximum atomic E-state index is 14.0. The molecule has 1 amide bonds. The van der Waals surface area contributed by atoms with E-state index < -0.39 is 57.6 Å². The fourth-order valence-corrected chi connectivity index (χ4v) is 2.62. The van der Waals surface area contributed by atoms with Crippen LogP contribution in [0.25, 0.3) is 11.4 Å². The summed E-state index contributed by atoms with van der Waals surface area (Å²) >= 11 is 0. The Morgan fingerprint density at radius 2 is 1.72 bits per heavy atom. The minimum Gasteiger partial charge on any atom is -0.501 e. The highest BCUT2D eigenvalue weighted by Crippen LogP contribution is 2.24. The van der Waals surface area contributed by atoms with Crippen molar-refractivity contribution in [3.05, 3.63) is 81.3 Å². The summed E-state index contributed by atoms with van der Waals surface area (Å²) in [5.41, 5.74) is -2.38. The number of benzene rings is 2. The first-order chi connectivity index (χ1) is 13.7. The largest absolute Gasteiger partial charge is 0.501 e. The van der Waals surface area contributed by atoms with E-state index in [1.165, 1.54) is 13.1 Å². The van der Waals surface area contributed by atoms with Gasteiger partial charge < -0.3 is 15.0 Å². The van der Waals surface area contributed by atoms with E-state index in [-0.39, 0.29) is 12.1 Å². The fraction of sp³-hybridized carbons (Fsp3) is 0.105. The van der Waals surface area contributed by atoms with Crippen molar-refractivity contribution in [2.24, 2.45) is 0 Å². The van der Waals surface area contributed by atoms with E-state index in [0.29, 0.717) is 0 Å². The van der Waals surface area contributed by atoms with Gasteiger partial charge in [0.2, 0.25) is 5.75 Å². The van der Waals surface area contributed by atoms with Gasteiger partial charge in [-0.1, -0.05) is 12.1 Å². The predicted octanol–water partition coefficient (Wildman–Crippen LogP) is 2.97. The van der Waals surface area contributed by atoms with Crippen LogP contribution in [-0.4, -0.2) is 32.9 Å². The van der Waals surface area contributed by atoms with Crippen molar-refractivity contribution in [2.75, 3.05) is 7.05 Å². The summed E-state index contributed by atoms with van der Waals surface area (Å²) in [4.78, 5) is 31.3. The van der Waals surface area contributed by atoms with Crippen molar-refractivity contribution in [1.29, 1.82) is 0 Å². The maximum absolute atomic E-state index is 14.0. The minimum atomic E-state index is -1.18. The smallest absolute Gasteiger partial charge is 0.294 e. The van der Waals surface area contributed by atoms with Crippen LogP contribution in [0.15, 0.2) is 41.2 Å². The Balaban J connectivity index is 1.99. The fourth-order valence-electron chi connectivity index (χ4n) is 2.62. The first kappa shape index (κ1) is 20.1. The summed E-state index contributed by atoms with van der Waals surface area (Å²) < 4.78 is 54.4. The molecule has 0 fully saturated rings. The van der Waals surface area contributed by atoms with E-state index in [1.807, 2.05) is 4.98 Å². The third kappa shape index (κ3) is 3.96. The van der Waals surface area contributed by atoms with Crippen LogP contribution < -0.4 is 5.56 Å². The van der Waals surface area contributed by atoms with Crippen LogP contribution in [0.2, 0.25) is 0 Å². The van der Waals surface area contributed by atoms with Crippen LogP contribution in [-0.2, 0) is 6.54 Å². The number of nitrogens with zero attached hydrogens (tertiary/aromatic N) is 2. The van der Waals surface area contributed by atoms with Gasteiger partial charge in [-0.05, 0) is 29.8 Å². The lowest BCUT2D eigenvalue weighted by Crippen LogP contribution is -2.29. The number of rotatable bonds is 4. The first-order valence-electron chi connectivity index (χ1n) is 8.16.